The minimum absolute atomic E-state index is 0.0813. The normalized spacial score (nSPS) is 22.3. The standard InChI is InChI=1S/C20H20N2O3S/c1-12-6-8-13(9-7-12)18-14(10-21)20(26-11-17(24)25-2)22-15-4-3-5-16(23)19(15)18/h6-9,14,18H,3-5,11H2,1-2H3. The molecule has 0 radical (unpaired) electrons. The summed E-state index contributed by atoms with van der Waals surface area (Å²) in [5.74, 6) is -1.09. The molecule has 2 aliphatic rings. The third kappa shape index (κ3) is 3.58. The molecule has 26 heavy (non-hydrogen) atoms. The molecule has 2 unspecified atom stereocenters. The van der Waals surface area contributed by atoms with Gasteiger partial charge in [0.25, 0.3) is 0 Å². The number of hydrogen-bond donors (Lipinski definition) is 0. The minimum Gasteiger partial charge on any atom is -0.468 e. The van der Waals surface area contributed by atoms with Crippen molar-refractivity contribution >= 4 is 28.6 Å². The number of carbonyl (C=O) groups excluding carboxylic acids is 2. The Kier molecular flexibility index (Phi) is 5.58. The van der Waals surface area contributed by atoms with Crippen LogP contribution in [-0.2, 0) is 14.3 Å². The fourth-order valence-corrected chi connectivity index (χ4v) is 4.33. The number of aryl methyl sites for hydroxylation is 1. The highest BCUT2D eigenvalue weighted by Crippen LogP contribution is 2.44. The molecule has 0 spiro atoms. The highest BCUT2D eigenvalue weighted by atomic mass is 32.2. The number of benzene rings is 1. The van der Waals surface area contributed by atoms with E-state index in [0.29, 0.717) is 17.0 Å². The van der Waals surface area contributed by atoms with Gasteiger partial charge in [-0.1, -0.05) is 41.6 Å². The number of allylic oxidation sites excluding steroid dienone is 2. The first-order valence-corrected chi connectivity index (χ1v) is 9.54. The number of aliphatic imine (C=N–C) groups is 1. The van der Waals surface area contributed by atoms with E-state index in [1.807, 2.05) is 31.2 Å². The molecule has 5 nitrogen and oxygen atoms in total. The Balaban J connectivity index is 2.05. The topological polar surface area (TPSA) is 79.5 Å². The van der Waals surface area contributed by atoms with E-state index in [0.717, 1.165) is 29.7 Å². The second-order valence-electron chi connectivity index (χ2n) is 6.45. The van der Waals surface area contributed by atoms with E-state index in [-0.39, 0.29) is 23.4 Å². The van der Waals surface area contributed by atoms with Crippen molar-refractivity contribution in [2.24, 2.45) is 10.9 Å². The summed E-state index contributed by atoms with van der Waals surface area (Å²) in [5, 5.41) is 10.4. The molecular formula is C20H20N2O3S. The van der Waals surface area contributed by atoms with Crippen LogP contribution in [0.25, 0.3) is 0 Å². The number of methoxy groups -OCH3 is 1. The first-order chi connectivity index (χ1) is 12.5. The largest absolute Gasteiger partial charge is 0.468 e. The van der Waals surface area contributed by atoms with Crippen LogP contribution in [0.15, 0.2) is 40.5 Å². The zero-order chi connectivity index (χ0) is 18.7. The van der Waals surface area contributed by atoms with Crippen LogP contribution < -0.4 is 0 Å². The predicted octanol–water partition coefficient (Wildman–Crippen LogP) is 3.54. The number of nitrogens with zero attached hydrogens (tertiary/aromatic N) is 2. The van der Waals surface area contributed by atoms with Crippen LogP contribution in [0.3, 0.4) is 0 Å². The predicted molar refractivity (Wildman–Crippen MR) is 101 cm³/mol. The number of Topliss-reactive ketones (excluding diaryl/α,β-unsaturated/α-hetero) is 1. The number of thioether (sulfide) groups is 1. The Morgan fingerprint density at radius 2 is 2.08 bits per heavy atom. The number of nitriles is 1. The van der Waals surface area contributed by atoms with Gasteiger partial charge >= 0.3 is 5.97 Å². The summed E-state index contributed by atoms with van der Waals surface area (Å²) >= 11 is 1.23. The quantitative estimate of drug-likeness (QED) is 0.762. The number of hydrogen-bond acceptors (Lipinski definition) is 6. The summed E-state index contributed by atoms with van der Waals surface area (Å²) in [7, 11) is 1.34. The molecule has 1 aromatic carbocycles. The van der Waals surface area contributed by atoms with Gasteiger partial charge in [0.1, 0.15) is 5.92 Å². The summed E-state index contributed by atoms with van der Waals surface area (Å²) in [6.45, 7) is 2.00. The first kappa shape index (κ1) is 18.4. The maximum atomic E-state index is 12.6. The smallest absolute Gasteiger partial charge is 0.316 e. The molecule has 1 heterocycles. The van der Waals surface area contributed by atoms with Crippen molar-refractivity contribution in [3.63, 3.8) is 0 Å². The van der Waals surface area contributed by atoms with Crippen LogP contribution in [-0.4, -0.2) is 29.7 Å². The first-order valence-electron chi connectivity index (χ1n) is 8.55. The Hall–Kier alpha value is -2.39. The monoisotopic (exact) mass is 368 g/mol. The second kappa shape index (κ2) is 7.88. The number of carbonyl (C=O) groups is 2. The van der Waals surface area contributed by atoms with Crippen molar-refractivity contribution in [3.8, 4) is 6.07 Å². The maximum absolute atomic E-state index is 12.6. The Morgan fingerprint density at radius 3 is 2.73 bits per heavy atom. The van der Waals surface area contributed by atoms with Crippen LogP contribution in [0.5, 0.6) is 0 Å². The Morgan fingerprint density at radius 1 is 1.35 bits per heavy atom. The molecular weight excluding hydrogens is 348 g/mol. The van der Waals surface area contributed by atoms with Gasteiger partial charge in [0.15, 0.2) is 5.78 Å². The van der Waals surface area contributed by atoms with Gasteiger partial charge in [0, 0.05) is 23.6 Å². The van der Waals surface area contributed by atoms with Gasteiger partial charge < -0.3 is 4.74 Å². The molecule has 0 bridgehead atoms. The van der Waals surface area contributed by atoms with Crippen LogP contribution in [0, 0.1) is 24.2 Å². The lowest BCUT2D eigenvalue weighted by molar-refractivity contribution is -0.137. The van der Waals surface area contributed by atoms with Gasteiger partial charge in [-0.25, -0.2) is 4.99 Å². The van der Waals surface area contributed by atoms with E-state index in [1.54, 1.807) is 0 Å². The molecule has 1 aliphatic carbocycles. The highest BCUT2D eigenvalue weighted by Gasteiger charge is 2.40. The summed E-state index contributed by atoms with van der Waals surface area (Å²) in [5.41, 5.74) is 3.51. The SMILES string of the molecule is COC(=O)CSC1=NC2=C(C(=O)CCC2)C(c2ccc(C)cc2)C1C#N. The molecule has 0 fully saturated rings. The Bertz CT molecular complexity index is 834. The lowest BCUT2D eigenvalue weighted by Gasteiger charge is -2.33. The number of ether oxygens (including phenoxy) is 1. The third-order valence-electron chi connectivity index (χ3n) is 4.73. The molecule has 1 aliphatic heterocycles. The zero-order valence-corrected chi connectivity index (χ0v) is 15.6. The van der Waals surface area contributed by atoms with E-state index in [1.165, 1.54) is 18.9 Å². The molecule has 0 saturated heterocycles. The second-order valence-corrected chi connectivity index (χ2v) is 7.44. The summed E-state index contributed by atoms with van der Waals surface area (Å²) in [6, 6.07) is 10.3. The fourth-order valence-electron chi connectivity index (χ4n) is 3.40. The van der Waals surface area contributed by atoms with Crippen LogP contribution in [0.2, 0.25) is 0 Å². The average Bonchev–Trinajstić information content (AvgIpc) is 2.65. The molecule has 1 aromatic rings. The van der Waals surface area contributed by atoms with Crippen molar-refractivity contribution in [3.05, 3.63) is 46.7 Å². The van der Waals surface area contributed by atoms with Gasteiger partial charge in [0.05, 0.1) is 24.0 Å². The van der Waals surface area contributed by atoms with Gasteiger partial charge in [-0.05, 0) is 25.3 Å². The molecule has 6 heteroatoms. The van der Waals surface area contributed by atoms with E-state index in [2.05, 4.69) is 11.1 Å². The highest BCUT2D eigenvalue weighted by molar-refractivity contribution is 8.14. The molecule has 0 saturated carbocycles. The summed E-state index contributed by atoms with van der Waals surface area (Å²) in [6.07, 6.45) is 2.00. The lowest BCUT2D eigenvalue weighted by Crippen LogP contribution is -2.31. The van der Waals surface area contributed by atoms with Gasteiger partial charge in [-0.15, -0.1) is 0 Å². The number of ketones is 1. The number of esters is 1. The summed E-state index contributed by atoms with van der Waals surface area (Å²) in [4.78, 5) is 28.8. The Labute approximate surface area is 157 Å². The molecule has 134 valence electrons. The third-order valence-corrected chi connectivity index (χ3v) is 5.75. The number of rotatable bonds is 3. The van der Waals surface area contributed by atoms with Gasteiger partial charge in [-0.2, -0.15) is 5.26 Å². The van der Waals surface area contributed by atoms with E-state index >= 15 is 0 Å². The molecule has 3 rings (SSSR count). The minimum atomic E-state index is -0.576. The molecule has 2 atom stereocenters. The van der Waals surface area contributed by atoms with E-state index in [4.69, 9.17) is 4.74 Å². The molecule has 0 aromatic heterocycles. The van der Waals surface area contributed by atoms with Crippen molar-refractivity contribution in [1.29, 1.82) is 5.26 Å². The molecule has 0 amide bonds. The van der Waals surface area contributed by atoms with E-state index < -0.39 is 5.92 Å². The van der Waals surface area contributed by atoms with Crippen LogP contribution in [0.1, 0.15) is 36.3 Å². The van der Waals surface area contributed by atoms with Crippen molar-refractivity contribution in [1.82, 2.24) is 0 Å². The van der Waals surface area contributed by atoms with Crippen molar-refractivity contribution in [2.45, 2.75) is 32.1 Å². The van der Waals surface area contributed by atoms with Crippen LogP contribution in [0.4, 0.5) is 0 Å². The van der Waals surface area contributed by atoms with Gasteiger partial charge in [0.2, 0.25) is 0 Å². The van der Waals surface area contributed by atoms with Crippen molar-refractivity contribution < 1.29 is 14.3 Å². The van der Waals surface area contributed by atoms with Gasteiger partial charge in [-0.3, -0.25) is 9.59 Å². The average molecular weight is 368 g/mol. The van der Waals surface area contributed by atoms with Crippen LogP contribution >= 0.6 is 11.8 Å². The van der Waals surface area contributed by atoms with Crippen molar-refractivity contribution in [2.75, 3.05) is 12.9 Å². The summed E-state index contributed by atoms with van der Waals surface area (Å²) < 4.78 is 4.69. The fraction of sp³-hybridized carbons (Fsp3) is 0.400. The maximum Gasteiger partial charge on any atom is 0.316 e. The molecule has 0 N–H and O–H groups in total. The lowest BCUT2D eigenvalue weighted by atomic mass is 9.74. The van der Waals surface area contributed by atoms with E-state index in [9.17, 15) is 14.9 Å². The zero-order valence-electron chi connectivity index (χ0n) is 14.8.